The first-order chi connectivity index (χ1) is 9.58. The number of rotatable bonds is 4. The average molecular weight is 276 g/mol. The third-order valence-electron chi connectivity index (χ3n) is 3.23. The van der Waals surface area contributed by atoms with Crippen LogP contribution >= 0.6 is 0 Å². The molecule has 0 heterocycles. The van der Waals surface area contributed by atoms with E-state index in [1.807, 2.05) is 6.07 Å². The van der Waals surface area contributed by atoms with Gasteiger partial charge in [0.05, 0.1) is 13.7 Å². The Bertz CT molecular complexity index is 586. The fourth-order valence-corrected chi connectivity index (χ4v) is 2.22. The van der Waals surface area contributed by atoms with E-state index in [0.29, 0.717) is 24.2 Å². The van der Waals surface area contributed by atoms with E-state index in [-0.39, 0.29) is 17.9 Å². The topological polar surface area (TPSA) is 72.8 Å². The summed E-state index contributed by atoms with van der Waals surface area (Å²) in [7, 11) is 1.57. The Balaban J connectivity index is 2.36. The Hall–Kier alpha value is -2.30. The zero-order valence-corrected chi connectivity index (χ0v) is 11.4. The van der Waals surface area contributed by atoms with Gasteiger partial charge in [0.2, 0.25) is 0 Å². The number of hydrogen-bond donors (Lipinski definition) is 1. The summed E-state index contributed by atoms with van der Waals surface area (Å²) in [6.07, 6.45) is 0.876. The normalized spacial score (nSPS) is 13.7. The maximum absolute atomic E-state index is 11.9. The van der Waals surface area contributed by atoms with E-state index in [1.54, 1.807) is 26.2 Å². The van der Waals surface area contributed by atoms with Crippen molar-refractivity contribution in [2.45, 2.75) is 19.8 Å². The molecule has 5 nitrogen and oxygen atoms in total. The molecule has 0 atom stereocenters. The number of aliphatic hydroxyl groups excluding tert-OH is 1. The molecule has 1 aromatic carbocycles. The monoisotopic (exact) mass is 276 g/mol. The summed E-state index contributed by atoms with van der Waals surface area (Å²) in [4.78, 5) is 23.4. The predicted molar refractivity (Wildman–Crippen MR) is 72.5 cm³/mol. The zero-order chi connectivity index (χ0) is 14.7. The van der Waals surface area contributed by atoms with Gasteiger partial charge in [-0.15, -0.1) is 0 Å². The summed E-state index contributed by atoms with van der Waals surface area (Å²) in [5.74, 6) is -1.15. The molecule has 0 bridgehead atoms. The van der Waals surface area contributed by atoms with Gasteiger partial charge in [-0.25, -0.2) is 4.79 Å². The molecule has 1 N–H and O–H groups in total. The van der Waals surface area contributed by atoms with Crippen LogP contribution in [0.4, 0.5) is 0 Å². The standard InChI is InChI=1S/C15H16O5/c1-3-20-15(18)14(17)12-6-4-9-8-10(19-2)5-7-11(9)13(12)16/h5,7-8,16H,3-4,6H2,1-2H3. The van der Waals surface area contributed by atoms with Crippen LogP contribution in [0, 0.1) is 0 Å². The molecule has 2 rings (SSSR count). The largest absolute Gasteiger partial charge is 0.507 e. The molecule has 1 aliphatic rings. The fourth-order valence-electron chi connectivity index (χ4n) is 2.22. The minimum absolute atomic E-state index is 0.112. The van der Waals surface area contributed by atoms with Gasteiger partial charge in [0, 0.05) is 11.1 Å². The van der Waals surface area contributed by atoms with Crippen LogP contribution in [-0.4, -0.2) is 30.6 Å². The van der Waals surface area contributed by atoms with E-state index in [9.17, 15) is 14.7 Å². The van der Waals surface area contributed by atoms with E-state index < -0.39 is 11.8 Å². The number of ketones is 1. The van der Waals surface area contributed by atoms with Gasteiger partial charge in [0.25, 0.3) is 5.78 Å². The molecule has 1 aliphatic carbocycles. The van der Waals surface area contributed by atoms with E-state index in [1.165, 1.54) is 0 Å². The molecular weight excluding hydrogens is 260 g/mol. The lowest BCUT2D eigenvalue weighted by Gasteiger charge is -2.19. The number of esters is 1. The second-order valence-corrected chi connectivity index (χ2v) is 4.40. The average Bonchev–Trinajstić information content (AvgIpc) is 2.46. The summed E-state index contributed by atoms with van der Waals surface area (Å²) in [6, 6.07) is 5.20. The van der Waals surface area contributed by atoms with Gasteiger partial charge in [-0.05, 0) is 43.5 Å². The second kappa shape index (κ2) is 5.77. The number of aliphatic hydroxyl groups is 1. The Labute approximate surface area is 116 Å². The van der Waals surface area contributed by atoms with Crippen LogP contribution in [0.5, 0.6) is 5.75 Å². The van der Waals surface area contributed by atoms with Crippen LogP contribution in [0.1, 0.15) is 24.5 Å². The van der Waals surface area contributed by atoms with Crippen LogP contribution in [-0.2, 0) is 20.7 Å². The van der Waals surface area contributed by atoms with Gasteiger partial charge in [0.1, 0.15) is 11.5 Å². The summed E-state index contributed by atoms with van der Waals surface area (Å²) >= 11 is 0. The van der Waals surface area contributed by atoms with Crippen LogP contribution < -0.4 is 4.74 Å². The highest BCUT2D eigenvalue weighted by molar-refractivity contribution is 6.41. The van der Waals surface area contributed by atoms with Crippen molar-refractivity contribution in [3.05, 3.63) is 34.9 Å². The summed E-state index contributed by atoms with van der Waals surface area (Å²) < 4.78 is 9.80. The highest BCUT2D eigenvalue weighted by Crippen LogP contribution is 2.32. The Kier molecular flexibility index (Phi) is 4.08. The molecule has 106 valence electrons. The van der Waals surface area contributed by atoms with Crippen molar-refractivity contribution in [2.24, 2.45) is 0 Å². The highest BCUT2D eigenvalue weighted by Gasteiger charge is 2.28. The predicted octanol–water partition coefficient (Wildman–Crippen LogP) is 2.04. The van der Waals surface area contributed by atoms with Gasteiger partial charge in [0.15, 0.2) is 0 Å². The summed E-state index contributed by atoms with van der Waals surface area (Å²) in [5, 5.41) is 10.2. The first-order valence-corrected chi connectivity index (χ1v) is 6.39. The number of methoxy groups -OCH3 is 1. The SMILES string of the molecule is CCOC(=O)C(=O)C1=C(O)c2ccc(OC)cc2CC1. The molecular formula is C15H16O5. The van der Waals surface area contributed by atoms with E-state index >= 15 is 0 Å². The molecule has 1 aromatic rings. The van der Waals surface area contributed by atoms with Crippen molar-refractivity contribution in [3.8, 4) is 5.75 Å². The number of Topliss-reactive ketones (excluding diaryl/α,β-unsaturated/α-hetero) is 1. The second-order valence-electron chi connectivity index (χ2n) is 4.40. The molecule has 20 heavy (non-hydrogen) atoms. The molecule has 0 spiro atoms. The Morgan fingerprint density at radius 2 is 2.05 bits per heavy atom. The van der Waals surface area contributed by atoms with Gasteiger partial charge in [-0.1, -0.05) is 0 Å². The third-order valence-corrected chi connectivity index (χ3v) is 3.23. The van der Waals surface area contributed by atoms with Crippen LogP contribution in [0.2, 0.25) is 0 Å². The maximum Gasteiger partial charge on any atom is 0.379 e. The molecule has 0 saturated carbocycles. The van der Waals surface area contributed by atoms with Crippen LogP contribution in [0.15, 0.2) is 23.8 Å². The van der Waals surface area contributed by atoms with Crippen molar-refractivity contribution in [1.29, 1.82) is 0 Å². The lowest BCUT2D eigenvalue weighted by Crippen LogP contribution is -2.22. The number of benzene rings is 1. The van der Waals surface area contributed by atoms with Gasteiger partial charge in [-0.3, -0.25) is 4.79 Å². The molecule has 0 aliphatic heterocycles. The lowest BCUT2D eigenvalue weighted by atomic mass is 9.88. The first kappa shape index (κ1) is 14.1. The van der Waals surface area contributed by atoms with Crippen molar-refractivity contribution in [3.63, 3.8) is 0 Å². The van der Waals surface area contributed by atoms with Crippen molar-refractivity contribution in [2.75, 3.05) is 13.7 Å². The van der Waals surface area contributed by atoms with E-state index in [4.69, 9.17) is 4.74 Å². The number of fused-ring (bicyclic) bond motifs is 1. The number of aryl methyl sites for hydroxylation is 1. The number of carbonyl (C=O) groups excluding carboxylic acids is 2. The maximum atomic E-state index is 11.9. The third kappa shape index (κ3) is 2.52. The molecule has 0 saturated heterocycles. The number of hydrogen-bond acceptors (Lipinski definition) is 5. The minimum Gasteiger partial charge on any atom is -0.507 e. The summed E-state index contributed by atoms with van der Waals surface area (Å²) in [5.41, 5.74) is 1.56. The molecule has 0 amide bonds. The Morgan fingerprint density at radius 3 is 2.70 bits per heavy atom. The lowest BCUT2D eigenvalue weighted by molar-refractivity contribution is -0.151. The minimum atomic E-state index is -0.925. The summed E-state index contributed by atoms with van der Waals surface area (Å²) in [6.45, 7) is 1.76. The smallest absolute Gasteiger partial charge is 0.379 e. The van der Waals surface area contributed by atoms with Crippen molar-refractivity contribution < 1.29 is 24.2 Å². The van der Waals surface area contributed by atoms with Gasteiger partial charge in [-0.2, -0.15) is 0 Å². The van der Waals surface area contributed by atoms with Gasteiger partial charge >= 0.3 is 5.97 Å². The number of carbonyl (C=O) groups is 2. The molecule has 0 unspecified atom stereocenters. The zero-order valence-electron chi connectivity index (χ0n) is 11.4. The molecule has 0 radical (unpaired) electrons. The highest BCUT2D eigenvalue weighted by atomic mass is 16.5. The van der Waals surface area contributed by atoms with Crippen LogP contribution in [0.3, 0.4) is 0 Å². The Morgan fingerprint density at radius 1 is 1.30 bits per heavy atom. The molecule has 0 aromatic heterocycles. The van der Waals surface area contributed by atoms with Crippen LogP contribution in [0.25, 0.3) is 5.76 Å². The van der Waals surface area contributed by atoms with E-state index in [0.717, 1.165) is 5.56 Å². The molecule has 5 heteroatoms. The number of ether oxygens (including phenoxy) is 2. The molecule has 0 fully saturated rings. The van der Waals surface area contributed by atoms with Gasteiger partial charge < -0.3 is 14.6 Å². The first-order valence-electron chi connectivity index (χ1n) is 6.39. The van der Waals surface area contributed by atoms with Crippen molar-refractivity contribution >= 4 is 17.5 Å². The fraction of sp³-hybridized carbons (Fsp3) is 0.333. The quantitative estimate of drug-likeness (QED) is 0.673. The van der Waals surface area contributed by atoms with Crippen molar-refractivity contribution in [1.82, 2.24) is 0 Å². The van der Waals surface area contributed by atoms with E-state index in [2.05, 4.69) is 4.74 Å².